The van der Waals surface area contributed by atoms with Gasteiger partial charge in [-0.25, -0.2) is 9.59 Å². The number of alkyl carbamates (subject to hydrolysis) is 1. The third-order valence-electron chi connectivity index (χ3n) is 3.31. The fourth-order valence-electron chi connectivity index (χ4n) is 2.24. The van der Waals surface area contributed by atoms with E-state index in [4.69, 9.17) is 4.74 Å². The molecule has 0 spiro atoms. The van der Waals surface area contributed by atoms with Crippen molar-refractivity contribution in [1.82, 2.24) is 20.4 Å². The number of hydrogen-bond donors (Lipinski definition) is 2. The van der Waals surface area contributed by atoms with Crippen LogP contribution in [-0.2, 0) is 9.53 Å². The highest BCUT2D eigenvalue weighted by atomic mass is 16.6. The summed E-state index contributed by atoms with van der Waals surface area (Å²) in [6, 6.07) is 0.00974. The van der Waals surface area contributed by atoms with E-state index in [0.29, 0.717) is 25.9 Å². The van der Waals surface area contributed by atoms with Gasteiger partial charge in [-0.05, 0) is 33.6 Å². The van der Waals surface area contributed by atoms with Crippen molar-refractivity contribution in [1.29, 1.82) is 0 Å². The molecule has 8 nitrogen and oxygen atoms in total. The number of piperidine rings is 1. The maximum absolute atomic E-state index is 11.8. The molecule has 1 heterocycles. The molecule has 1 fully saturated rings. The largest absolute Gasteiger partial charge is 0.444 e. The minimum Gasteiger partial charge on any atom is -0.444 e. The Morgan fingerprint density at radius 2 is 1.74 bits per heavy atom. The number of hydrogen-bond acceptors (Lipinski definition) is 4. The second-order valence-electron chi connectivity index (χ2n) is 6.86. The van der Waals surface area contributed by atoms with Crippen LogP contribution in [0.1, 0.15) is 33.6 Å². The summed E-state index contributed by atoms with van der Waals surface area (Å²) in [6.45, 7) is 6.38. The molecule has 0 aliphatic carbocycles. The van der Waals surface area contributed by atoms with E-state index in [1.165, 1.54) is 0 Å². The monoisotopic (exact) mass is 328 g/mol. The summed E-state index contributed by atoms with van der Waals surface area (Å²) in [5.41, 5.74) is -0.591. The van der Waals surface area contributed by atoms with Crippen molar-refractivity contribution in [2.75, 3.05) is 33.7 Å². The molecule has 0 aromatic rings. The Balaban J connectivity index is 2.26. The molecule has 132 valence electrons. The highest BCUT2D eigenvalue weighted by Gasteiger charge is 2.25. The first-order chi connectivity index (χ1) is 10.6. The normalized spacial score (nSPS) is 15.8. The second kappa shape index (κ2) is 8.03. The van der Waals surface area contributed by atoms with Crippen molar-refractivity contribution in [2.24, 2.45) is 0 Å². The maximum Gasteiger partial charge on any atom is 0.408 e. The Labute approximate surface area is 137 Å². The molecule has 1 aliphatic rings. The highest BCUT2D eigenvalue weighted by molar-refractivity contribution is 5.82. The first kappa shape index (κ1) is 19.1. The number of nitrogens with zero attached hydrogens (tertiary/aromatic N) is 2. The minimum absolute atomic E-state index is 0.0126. The maximum atomic E-state index is 11.8. The van der Waals surface area contributed by atoms with Crippen LogP contribution < -0.4 is 10.6 Å². The van der Waals surface area contributed by atoms with Crippen LogP contribution in [-0.4, -0.2) is 73.2 Å². The molecule has 23 heavy (non-hydrogen) atoms. The zero-order valence-electron chi connectivity index (χ0n) is 14.6. The lowest BCUT2D eigenvalue weighted by atomic mass is 10.1. The van der Waals surface area contributed by atoms with Gasteiger partial charge in [-0.1, -0.05) is 0 Å². The molecule has 0 aromatic carbocycles. The Morgan fingerprint density at radius 3 is 2.22 bits per heavy atom. The summed E-state index contributed by atoms with van der Waals surface area (Å²) in [7, 11) is 3.44. The lowest BCUT2D eigenvalue weighted by Gasteiger charge is -2.33. The molecular weight excluding hydrogens is 300 g/mol. The van der Waals surface area contributed by atoms with Gasteiger partial charge in [-0.3, -0.25) is 4.79 Å². The lowest BCUT2D eigenvalue weighted by Crippen LogP contribution is -2.50. The molecule has 8 heteroatoms. The van der Waals surface area contributed by atoms with Gasteiger partial charge in [-0.15, -0.1) is 0 Å². The molecule has 0 atom stereocenters. The van der Waals surface area contributed by atoms with Gasteiger partial charge < -0.3 is 25.2 Å². The van der Waals surface area contributed by atoms with E-state index in [0.717, 1.165) is 0 Å². The molecule has 1 saturated heterocycles. The standard InChI is InChI=1S/C15H28N4O4/c1-15(2,3)23-13(21)16-10-12(20)17-11-6-8-19(9-7-11)14(22)18(4)5/h11H,6-10H2,1-5H3,(H,16,21)(H,17,20). The molecule has 0 radical (unpaired) electrons. The fourth-order valence-corrected chi connectivity index (χ4v) is 2.24. The Hall–Kier alpha value is -1.99. The summed E-state index contributed by atoms with van der Waals surface area (Å²) >= 11 is 0. The highest BCUT2D eigenvalue weighted by Crippen LogP contribution is 2.11. The van der Waals surface area contributed by atoms with Crippen molar-refractivity contribution in [3.05, 3.63) is 0 Å². The molecule has 2 N–H and O–H groups in total. The van der Waals surface area contributed by atoms with Crippen LogP contribution in [0.5, 0.6) is 0 Å². The Bertz CT molecular complexity index is 437. The van der Waals surface area contributed by atoms with E-state index in [-0.39, 0.29) is 24.5 Å². The van der Waals surface area contributed by atoms with Gasteiger partial charge in [-0.2, -0.15) is 0 Å². The topological polar surface area (TPSA) is 91.0 Å². The van der Waals surface area contributed by atoms with Gasteiger partial charge in [0.2, 0.25) is 5.91 Å². The van der Waals surface area contributed by atoms with Gasteiger partial charge in [0.25, 0.3) is 0 Å². The number of carbonyl (C=O) groups excluding carboxylic acids is 3. The lowest BCUT2D eigenvalue weighted by molar-refractivity contribution is -0.121. The fraction of sp³-hybridized carbons (Fsp3) is 0.800. The first-order valence-corrected chi connectivity index (χ1v) is 7.81. The van der Waals surface area contributed by atoms with E-state index in [1.54, 1.807) is 44.7 Å². The van der Waals surface area contributed by atoms with Gasteiger partial charge in [0.1, 0.15) is 12.1 Å². The summed E-state index contributed by atoms with van der Waals surface area (Å²) in [5, 5.41) is 5.29. The van der Waals surface area contributed by atoms with E-state index < -0.39 is 11.7 Å². The van der Waals surface area contributed by atoms with Crippen LogP contribution in [0.25, 0.3) is 0 Å². The Kier molecular flexibility index (Phi) is 6.65. The average Bonchev–Trinajstić information content (AvgIpc) is 2.43. The van der Waals surface area contributed by atoms with E-state index >= 15 is 0 Å². The van der Waals surface area contributed by atoms with Crippen molar-refractivity contribution >= 4 is 18.0 Å². The van der Waals surface area contributed by atoms with Crippen LogP contribution in [0, 0.1) is 0 Å². The molecular formula is C15H28N4O4. The van der Waals surface area contributed by atoms with Gasteiger partial charge in [0, 0.05) is 33.2 Å². The first-order valence-electron chi connectivity index (χ1n) is 7.81. The molecule has 0 unspecified atom stereocenters. The Morgan fingerprint density at radius 1 is 1.17 bits per heavy atom. The van der Waals surface area contributed by atoms with E-state index in [2.05, 4.69) is 10.6 Å². The van der Waals surface area contributed by atoms with Crippen LogP contribution in [0.3, 0.4) is 0 Å². The van der Waals surface area contributed by atoms with Crippen LogP contribution >= 0.6 is 0 Å². The van der Waals surface area contributed by atoms with E-state index in [1.807, 2.05) is 0 Å². The third kappa shape index (κ3) is 7.21. The average molecular weight is 328 g/mol. The molecule has 0 aromatic heterocycles. The number of rotatable bonds is 3. The number of nitrogens with one attached hydrogen (secondary N) is 2. The van der Waals surface area contributed by atoms with Crippen LogP contribution in [0.4, 0.5) is 9.59 Å². The van der Waals surface area contributed by atoms with Gasteiger partial charge in [0.15, 0.2) is 0 Å². The number of likely N-dealkylation sites (tertiary alicyclic amines) is 1. The number of amides is 4. The smallest absolute Gasteiger partial charge is 0.408 e. The van der Waals surface area contributed by atoms with E-state index in [9.17, 15) is 14.4 Å². The molecule has 0 bridgehead atoms. The summed E-state index contributed by atoms with van der Waals surface area (Å²) in [6.07, 6.45) is 0.800. The van der Waals surface area contributed by atoms with Crippen molar-refractivity contribution in [3.8, 4) is 0 Å². The van der Waals surface area contributed by atoms with Crippen molar-refractivity contribution < 1.29 is 19.1 Å². The second-order valence-corrected chi connectivity index (χ2v) is 6.86. The SMILES string of the molecule is CN(C)C(=O)N1CCC(NC(=O)CNC(=O)OC(C)(C)C)CC1. The summed E-state index contributed by atoms with van der Waals surface area (Å²) in [4.78, 5) is 38.4. The third-order valence-corrected chi connectivity index (χ3v) is 3.31. The molecule has 1 aliphatic heterocycles. The molecule has 4 amide bonds. The van der Waals surface area contributed by atoms with Gasteiger partial charge >= 0.3 is 12.1 Å². The van der Waals surface area contributed by atoms with Crippen molar-refractivity contribution in [2.45, 2.75) is 45.3 Å². The zero-order chi connectivity index (χ0) is 17.6. The minimum atomic E-state index is -0.612. The summed E-state index contributed by atoms with van der Waals surface area (Å²) < 4.78 is 5.06. The predicted molar refractivity (Wildman–Crippen MR) is 86.1 cm³/mol. The molecule has 0 saturated carbocycles. The quantitative estimate of drug-likeness (QED) is 0.801. The zero-order valence-corrected chi connectivity index (χ0v) is 14.6. The summed E-state index contributed by atoms with van der Waals surface area (Å²) in [5.74, 6) is -0.256. The van der Waals surface area contributed by atoms with Crippen LogP contribution in [0.2, 0.25) is 0 Å². The predicted octanol–water partition coefficient (Wildman–Crippen LogP) is 0.773. The number of carbonyl (C=O) groups is 3. The number of urea groups is 1. The van der Waals surface area contributed by atoms with Gasteiger partial charge in [0.05, 0.1) is 0 Å². The van der Waals surface area contributed by atoms with Crippen LogP contribution in [0.15, 0.2) is 0 Å². The molecule has 1 rings (SSSR count). The van der Waals surface area contributed by atoms with Crippen molar-refractivity contribution in [3.63, 3.8) is 0 Å². The number of ether oxygens (including phenoxy) is 1.